The molecule has 2 N–H and O–H groups in total. The second kappa shape index (κ2) is 11.0. The number of carbonyl (C=O) groups is 2. The molecule has 6 nitrogen and oxygen atoms in total. The Morgan fingerprint density at radius 2 is 1.70 bits per heavy atom. The molecule has 0 aromatic heterocycles. The minimum Gasteiger partial charge on any atom is -0.478 e. The Hall–Kier alpha value is -2.86. The summed E-state index contributed by atoms with van der Waals surface area (Å²) in [6.45, 7) is 1.99. The number of carboxylic acids is 1. The Bertz CT molecular complexity index is 717. The molecule has 2 aromatic rings. The van der Waals surface area contributed by atoms with Crippen molar-refractivity contribution in [1.82, 2.24) is 10.2 Å². The van der Waals surface area contributed by atoms with E-state index in [-0.39, 0.29) is 11.6 Å². The molecule has 2 amide bonds. The molecule has 0 unspecified atom stereocenters. The quantitative estimate of drug-likeness (QED) is 0.673. The van der Waals surface area contributed by atoms with Gasteiger partial charge < -0.3 is 20.1 Å². The zero-order chi connectivity index (χ0) is 19.5. The predicted octanol–water partition coefficient (Wildman–Crippen LogP) is 3.18. The van der Waals surface area contributed by atoms with E-state index in [1.165, 1.54) is 17.7 Å². The lowest BCUT2D eigenvalue weighted by atomic mass is 10.1. The van der Waals surface area contributed by atoms with Crippen molar-refractivity contribution in [2.24, 2.45) is 0 Å². The Labute approximate surface area is 159 Å². The molecule has 0 fully saturated rings. The third kappa shape index (κ3) is 7.11. The van der Waals surface area contributed by atoms with Crippen molar-refractivity contribution in [1.29, 1.82) is 0 Å². The monoisotopic (exact) mass is 370 g/mol. The lowest BCUT2D eigenvalue weighted by Gasteiger charge is -2.23. The molecule has 144 valence electrons. The van der Waals surface area contributed by atoms with Crippen molar-refractivity contribution < 1.29 is 19.4 Å². The Kier molecular flexibility index (Phi) is 8.32. The number of nitrogens with zero attached hydrogens (tertiary/aromatic N) is 1. The van der Waals surface area contributed by atoms with Crippen LogP contribution in [0.5, 0.6) is 0 Å². The summed E-state index contributed by atoms with van der Waals surface area (Å²) in [6.07, 6.45) is 1.78. The molecule has 0 atom stereocenters. The average molecular weight is 370 g/mol. The number of carboxylic acid groups (broad SMARTS) is 1. The molecule has 0 heterocycles. The number of benzene rings is 2. The van der Waals surface area contributed by atoms with E-state index in [2.05, 4.69) is 17.4 Å². The summed E-state index contributed by atoms with van der Waals surface area (Å²) in [7, 11) is 1.62. The van der Waals surface area contributed by atoms with Crippen LogP contribution in [-0.4, -0.2) is 48.8 Å². The third-order valence-corrected chi connectivity index (χ3v) is 4.23. The topological polar surface area (TPSA) is 78.9 Å². The Balaban J connectivity index is 1.84. The van der Waals surface area contributed by atoms with Gasteiger partial charge in [-0.15, -0.1) is 0 Å². The molecule has 6 heteroatoms. The van der Waals surface area contributed by atoms with Gasteiger partial charge in [0.25, 0.3) is 0 Å². The molecule has 0 radical (unpaired) electrons. The van der Waals surface area contributed by atoms with E-state index >= 15 is 0 Å². The van der Waals surface area contributed by atoms with E-state index in [9.17, 15) is 9.59 Å². The van der Waals surface area contributed by atoms with Crippen molar-refractivity contribution in [2.75, 3.05) is 26.8 Å². The molecular weight excluding hydrogens is 344 g/mol. The fourth-order valence-electron chi connectivity index (χ4n) is 2.69. The summed E-state index contributed by atoms with van der Waals surface area (Å²) in [6, 6.07) is 16.5. The molecule has 0 saturated carbocycles. The highest BCUT2D eigenvalue weighted by molar-refractivity contribution is 5.87. The first kappa shape index (κ1) is 20.5. The minimum absolute atomic E-state index is 0.151. The fourth-order valence-corrected chi connectivity index (χ4v) is 2.69. The second-order valence-electron chi connectivity index (χ2n) is 6.23. The van der Waals surface area contributed by atoms with Gasteiger partial charge in [-0.1, -0.05) is 42.5 Å². The van der Waals surface area contributed by atoms with E-state index in [4.69, 9.17) is 9.84 Å². The largest absolute Gasteiger partial charge is 0.478 e. The van der Waals surface area contributed by atoms with Crippen molar-refractivity contribution in [3.8, 4) is 0 Å². The molecule has 0 bridgehead atoms. The van der Waals surface area contributed by atoms with E-state index < -0.39 is 5.97 Å². The molecule has 2 aromatic carbocycles. The number of nitrogens with one attached hydrogen (secondary N) is 1. The van der Waals surface area contributed by atoms with Gasteiger partial charge in [0.05, 0.1) is 12.2 Å². The third-order valence-electron chi connectivity index (χ3n) is 4.23. The van der Waals surface area contributed by atoms with Gasteiger partial charge in [-0.05, 0) is 36.1 Å². The van der Waals surface area contributed by atoms with E-state index in [1.807, 2.05) is 18.2 Å². The SMILES string of the molecule is COCCN(CCCc1ccccc1)C(=O)NCc1ccc(C(=O)O)cc1. The summed E-state index contributed by atoms with van der Waals surface area (Å²) in [5.41, 5.74) is 2.33. The van der Waals surface area contributed by atoms with Crippen LogP contribution in [0.1, 0.15) is 27.9 Å². The van der Waals surface area contributed by atoms with Crippen LogP contribution >= 0.6 is 0 Å². The van der Waals surface area contributed by atoms with Crippen LogP contribution in [0.2, 0.25) is 0 Å². The van der Waals surface area contributed by atoms with Crippen LogP contribution in [-0.2, 0) is 17.7 Å². The highest BCUT2D eigenvalue weighted by Gasteiger charge is 2.13. The number of amides is 2. The molecule has 2 rings (SSSR count). The zero-order valence-electron chi connectivity index (χ0n) is 15.6. The molecule has 27 heavy (non-hydrogen) atoms. The number of urea groups is 1. The standard InChI is InChI=1S/C21H26N2O4/c1-27-15-14-23(13-5-8-17-6-3-2-4-7-17)21(26)22-16-18-9-11-19(12-10-18)20(24)25/h2-4,6-7,9-12H,5,8,13-16H2,1H3,(H,22,26)(H,24,25). The van der Waals surface area contributed by atoms with Gasteiger partial charge >= 0.3 is 12.0 Å². The summed E-state index contributed by atoms with van der Waals surface area (Å²) >= 11 is 0. The first-order valence-corrected chi connectivity index (χ1v) is 8.98. The molecule has 0 aliphatic carbocycles. The van der Waals surface area contributed by atoms with Crippen LogP contribution in [0.15, 0.2) is 54.6 Å². The Morgan fingerprint density at radius 3 is 2.33 bits per heavy atom. The highest BCUT2D eigenvalue weighted by atomic mass is 16.5. The molecule has 0 aliphatic heterocycles. The predicted molar refractivity (Wildman–Crippen MR) is 104 cm³/mol. The van der Waals surface area contributed by atoms with Crippen LogP contribution in [0.4, 0.5) is 4.79 Å². The number of hydrogen-bond donors (Lipinski definition) is 2. The maximum absolute atomic E-state index is 12.5. The maximum atomic E-state index is 12.5. The van der Waals surface area contributed by atoms with Gasteiger partial charge in [0, 0.05) is 26.7 Å². The number of aryl methyl sites for hydroxylation is 1. The van der Waals surface area contributed by atoms with Gasteiger partial charge in [0.1, 0.15) is 0 Å². The van der Waals surface area contributed by atoms with Crippen LogP contribution < -0.4 is 5.32 Å². The number of carbonyl (C=O) groups excluding carboxylic acids is 1. The fraction of sp³-hybridized carbons (Fsp3) is 0.333. The number of methoxy groups -OCH3 is 1. The second-order valence-corrected chi connectivity index (χ2v) is 6.23. The van der Waals surface area contributed by atoms with Crippen LogP contribution in [0.3, 0.4) is 0 Å². The van der Waals surface area contributed by atoms with Crippen molar-refractivity contribution in [3.63, 3.8) is 0 Å². The first-order chi connectivity index (χ1) is 13.1. The maximum Gasteiger partial charge on any atom is 0.335 e. The van der Waals surface area contributed by atoms with Gasteiger partial charge in [-0.25, -0.2) is 9.59 Å². The summed E-state index contributed by atoms with van der Waals surface area (Å²) in [5, 5.41) is 11.8. The van der Waals surface area contributed by atoms with Crippen molar-refractivity contribution in [3.05, 3.63) is 71.3 Å². The Morgan fingerprint density at radius 1 is 1.00 bits per heavy atom. The van der Waals surface area contributed by atoms with Crippen LogP contribution in [0, 0.1) is 0 Å². The number of ether oxygens (including phenoxy) is 1. The van der Waals surface area contributed by atoms with Crippen molar-refractivity contribution in [2.45, 2.75) is 19.4 Å². The lowest BCUT2D eigenvalue weighted by Crippen LogP contribution is -2.42. The lowest BCUT2D eigenvalue weighted by molar-refractivity contribution is 0.0697. The van der Waals surface area contributed by atoms with Gasteiger partial charge in [0.15, 0.2) is 0 Å². The summed E-state index contributed by atoms with van der Waals surface area (Å²) in [4.78, 5) is 25.1. The summed E-state index contributed by atoms with van der Waals surface area (Å²) in [5.74, 6) is -0.963. The summed E-state index contributed by atoms with van der Waals surface area (Å²) < 4.78 is 5.11. The van der Waals surface area contributed by atoms with Crippen LogP contribution in [0.25, 0.3) is 0 Å². The van der Waals surface area contributed by atoms with E-state index in [0.29, 0.717) is 26.2 Å². The zero-order valence-corrected chi connectivity index (χ0v) is 15.6. The number of hydrogen-bond acceptors (Lipinski definition) is 3. The molecule has 0 saturated heterocycles. The minimum atomic E-state index is -0.963. The molecular formula is C21H26N2O4. The van der Waals surface area contributed by atoms with Gasteiger partial charge in [-0.2, -0.15) is 0 Å². The average Bonchev–Trinajstić information content (AvgIpc) is 2.69. The number of rotatable bonds is 10. The van der Waals surface area contributed by atoms with Gasteiger partial charge in [-0.3, -0.25) is 0 Å². The molecule has 0 spiro atoms. The molecule has 0 aliphatic rings. The van der Waals surface area contributed by atoms with E-state index in [0.717, 1.165) is 18.4 Å². The first-order valence-electron chi connectivity index (χ1n) is 8.98. The smallest absolute Gasteiger partial charge is 0.335 e. The number of aromatic carboxylic acids is 1. The van der Waals surface area contributed by atoms with Crippen molar-refractivity contribution >= 4 is 12.0 Å². The highest BCUT2D eigenvalue weighted by Crippen LogP contribution is 2.06. The van der Waals surface area contributed by atoms with E-state index in [1.54, 1.807) is 24.1 Å². The van der Waals surface area contributed by atoms with Gasteiger partial charge in [0.2, 0.25) is 0 Å². The normalized spacial score (nSPS) is 10.4.